The van der Waals surface area contributed by atoms with Crippen LogP contribution in [0.25, 0.3) is 0 Å². The van der Waals surface area contributed by atoms with Crippen LogP contribution in [0.15, 0.2) is 93.9 Å². The van der Waals surface area contributed by atoms with Crippen LogP contribution in [0, 0.1) is 0 Å². The number of halogens is 2. The van der Waals surface area contributed by atoms with Crippen molar-refractivity contribution in [3.05, 3.63) is 100 Å². The van der Waals surface area contributed by atoms with Crippen LogP contribution >= 0.6 is 27.5 Å². The highest BCUT2D eigenvalue weighted by molar-refractivity contribution is 9.10. The Labute approximate surface area is 229 Å². The summed E-state index contributed by atoms with van der Waals surface area (Å²) in [5, 5.41) is 4.49. The molecule has 0 saturated heterocycles. The van der Waals surface area contributed by atoms with E-state index in [9.17, 15) is 13.2 Å². The maximum Gasteiger partial charge on any atom is 0.255 e. The Morgan fingerprint density at radius 3 is 2.46 bits per heavy atom. The zero-order valence-corrected chi connectivity index (χ0v) is 23.1. The fourth-order valence-electron chi connectivity index (χ4n) is 3.18. The van der Waals surface area contributed by atoms with Crippen molar-refractivity contribution in [2.45, 2.75) is 11.4 Å². The van der Waals surface area contributed by atoms with Crippen molar-refractivity contribution in [1.29, 1.82) is 0 Å². The summed E-state index contributed by atoms with van der Waals surface area (Å²) in [6.45, 7) is 3.46. The first-order valence-corrected chi connectivity index (χ1v) is 13.6. The average molecular weight is 607 g/mol. The molecule has 0 heterocycles. The number of carbonyl (C=O) groups excluding carboxylic acids is 1. The summed E-state index contributed by atoms with van der Waals surface area (Å²) in [6.07, 6.45) is 3.04. The maximum atomic E-state index is 13.4. The molecular formula is C26H25BrClN3O5S. The van der Waals surface area contributed by atoms with Crippen LogP contribution in [0.3, 0.4) is 0 Å². The molecule has 0 aromatic heterocycles. The number of benzene rings is 3. The minimum absolute atomic E-state index is 0.0317. The molecule has 0 bridgehead atoms. The monoisotopic (exact) mass is 605 g/mol. The van der Waals surface area contributed by atoms with E-state index in [1.54, 1.807) is 60.7 Å². The summed E-state index contributed by atoms with van der Waals surface area (Å²) in [5.74, 6) is 0.426. The second-order valence-electron chi connectivity index (χ2n) is 7.66. The normalized spacial score (nSPS) is 11.5. The molecule has 3 rings (SSSR count). The Hall–Kier alpha value is -3.18. The second kappa shape index (κ2) is 13.4. The number of amides is 1. The largest absolute Gasteiger partial charge is 0.493 e. The molecule has 194 valence electrons. The third kappa shape index (κ3) is 8.16. The number of hydrogen-bond donors (Lipinski definition) is 1. The number of ether oxygens (including phenoxy) is 2. The summed E-state index contributed by atoms with van der Waals surface area (Å²) < 4.78 is 39.4. The number of rotatable bonds is 12. The summed E-state index contributed by atoms with van der Waals surface area (Å²) in [5.41, 5.74) is 3.70. The van der Waals surface area contributed by atoms with E-state index in [-0.39, 0.29) is 11.4 Å². The lowest BCUT2D eigenvalue weighted by atomic mass is 10.2. The van der Waals surface area contributed by atoms with Gasteiger partial charge in [-0.3, -0.25) is 4.79 Å². The smallest absolute Gasteiger partial charge is 0.255 e. The first-order valence-electron chi connectivity index (χ1n) is 11.0. The molecule has 11 heteroatoms. The topological polar surface area (TPSA) is 97.3 Å². The van der Waals surface area contributed by atoms with E-state index in [1.807, 2.05) is 0 Å². The molecule has 0 fully saturated rings. The average Bonchev–Trinajstić information content (AvgIpc) is 2.88. The molecule has 0 radical (unpaired) electrons. The van der Waals surface area contributed by atoms with Gasteiger partial charge in [0.2, 0.25) is 10.0 Å². The molecule has 3 aromatic rings. The lowest BCUT2D eigenvalue weighted by Gasteiger charge is -2.21. The third-order valence-corrected chi connectivity index (χ3v) is 7.58. The van der Waals surface area contributed by atoms with Crippen LogP contribution in [0.5, 0.6) is 11.5 Å². The predicted molar refractivity (Wildman–Crippen MR) is 148 cm³/mol. The summed E-state index contributed by atoms with van der Waals surface area (Å²) in [6, 6.07) is 18.1. The van der Waals surface area contributed by atoms with Crippen LogP contribution in [-0.4, -0.2) is 45.1 Å². The number of carbonyl (C=O) groups is 1. The number of nitrogens with zero attached hydrogens (tertiary/aromatic N) is 2. The molecule has 3 aromatic carbocycles. The first-order chi connectivity index (χ1) is 17.7. The van der Waals surface area contributed by atoms with E-state index in [0.717, 1.165) is 8.78 Å². The van der Waals surface area contributed by atoms with Gasteiger partial charge in [-0.25, -0.2) is 13.8 Å². The lowest BCUT2D eigenvalue weighted by molar-refractivity contribution is -0.121. The fourth-order valence-corrected chi connectivity index (χ4v) is 4.96. The summed E-state index contributed by atoms with van der Waals surface area (Å²) in [4.78, 5) is 12.8. The highest BCUT2D eigenvalue weighted by Gasteiger charge is 2.27. The molecule has 0 atom stereocenters. The molecule has 0 unspecified atom stereocenters. The molecule has 0 spiro atoms. The minimum atomic E-state index is -3.99. The Morgan fingerprint density at radius 1 is 1.11 bits per heavy atom. The van der Waals surface area contributed by atoms with Gasteiger partial charge in [-0.2, -0.15) is 9.41 Å². The number of sulfonamides is 1. The minimum Gasteiger partial charge on any atom is -0.493 e. The van der Waals surface area contributed by atoms with Gasteiger partial charge in [-0.05, 0) is 65.7 Å². The van der Waals surface area contributed by atoms with Crippen LogP contribution in [0.4, 0.5) is 0 Å². The van der Waals surface area contributed by atoms with Gasteiger partial charge in [-0.1, -0.05) is 52.3 Å². The van der Waals surface area contributed by atoms with Gasteiger partial charge in [0.25, 0.3) is 5.91 Å². The molecule has 0 saturated carbocycles. The highest BCUT2D eigenvalue weighted by atomic mass is 79.9. The van der Waals surface area contributed by atoms with Crippen LogP contribution in [-0.2, 0) is 21.4 Å². The molecule has 0 aliphatic carbocycles. The third-order valence-electron chi connectivity index (χ3n) is 4.99. The van der Waals surface area contributed by atoms with Gasteiger partial charge in [0.15, 0.2) is 11.5 Å². The number of methoxy groups -OCH3 is 1. The second-order valence-corrected chi connectivity index (χ2v) is 10.9. The van der Waals surface area contributed by atoms with Gasteiger partial charge in [0, 0.05) is 16.0 Å². The van der Waals surface area contributed by atoms with Crippen molar-refractivity contribution in [1.82, 2.24) is 9.73 Å². The van der Waals surface area contributed by atoms with Crippen LogP contribution < -0.4 is 14.9 Å². The number of hydrogen-bond acceptors (Lipinski definition) is 6. The molecule has 0 aliphatic rings. The number of nitrogens with one attached hydrogen (secondary N) is 1. The van der Waals surface area contributed by atoms with E-state index < -0.39 is 22.5 Å². The van der Waals surface area contributed by atoms with E-state index in [0.29, 0.717) is 34.3 Å². The molecular weight excluding hydrogens is 582 g/mol. The van der Waals surface area contributed by atoms with Gasteiger partial charge >= 0.3 is 0 Å². The highest BCUT2D eigenvalue weighted by Crippen LogP contribution is 2.27. The first kappa shape index (κ1) is 28.4. The molecule has 37 heavy (non-hydrogen) atoms. The van der Waals surface area contributed by atoms with Crippen LogP contribution in [0.2, 0.25) is 5.02 Å². The zero-order chi connectivity index (χ0) is 26.8. The van der Waals surface area contributed by atoms with Gasteiger partial charge in [0.1, 0.15) is 6.61 Å². The summed E-state index contributed by atoms with van der Waals surface area (Å²) >= 11 is 9.26. The van der Waals surface area contributed by atoms with Crippen molar-refractivity contribution in [3.63, 3.8) is 0 Å². The molecule has 8 nitrogen and oxygen atoms in total. The number of hydrazone groups is 1. The molecule has 1 amide bonds. The van der Waals surface area contributed by atoms with E-state index in [1.165, 1.54) is 25.5 Å². The van der Waals surface area contributed by atoms with Crippen molar-refractivity contribution in [2.24, 2.45) is 5.10 Å². The van der Waals surface area contributed by atoms with Crippen molar-refractivity contribution < 1.29 is 22.7 Å². The lowest BCUT2D eigenvalue weighted by Crippen LogP contribution is -2.39. The van der Waals surface area contributed by atoms with E-state index in [4.69, 9.17) is 21.1 Å². The molecule has 1 N–H and O–H groups in total. The van der Waals surface area contributed by atoms with Crippen molar-refractivity contribution in [3.8, 4) is 11.5 Å². The van der Waals surface area contributed by atoms with Crippen molar-refractivity contribution in [2.75, 3.05) is 20.3 Å². The van der Waals surface area contributed by atoms with E-state index >= 15 is 0 Å². The standard InChI is InChI=1S/C26H25BrClN3O5S/c1-3-14-36-24-13-6-20(15-25(24)35-2)16-29-30-26(32)18-31(17-19-4-9-22(28)10-5-19)37(33,34)23-11-7-21(27)8-12-23/h3-13,15-16H,1,14,17-18H2,2H3,(H,30,32)/b29-16-. The van der Waals surface area contributed by atoms with Crippen LogP contribution in [0.1, 0.15) is 11.1 Å². The van der Waals surface area contributed by atoms with Gasteiger partial charge < -0.3 is 9.47 Å². The zero-order valence-electron chi connectivity index (χ0n) is 19.9. The Kier molecular flexibility index (Phi) is 10.3. The van der Waals surface area contributed by atoms with Gasteiger partial charge in [0.05, 0.1) is 24.8 Å². The Morgan fingerprint density at radius 2 is 1.81 bits per heavy atom. The fraction of sp³-hybridized carbons (Fsp3) is 0.154. The predicted octanol–water partition coefficient (Wildman–Crippen LogP) is 5.02. The van der Waals surface area contributed by atoms with Gasteiger partial charge in [-0.15, -0.1) is 0 Å². The Bertz CT molecular complexity index is 1360. The quantitative estimate of drug-likeness (QED) is 0.178. The Balaban J connectivity index is 1.75. The maximum absolute atomic E-state index is 13.4. The summed E-state index contributed by atoms with van der Waals surface area (Å²) in [7, 11) is -2.48. The SMILES string of the molecule is C=CCOc1ccc(/C=N\NC(=O)CN(Cc2ccc(Cl)cc2)S(=O)(=O)c2ccc(Br)cc2)cc1OC. The molecule has 0 aliphatic heterocycles. The van der Waals surface area contributed by atoms with Crippen molar-refractivity contribution >= 4 is 49.7 Å². The van der Waals surface area contributed by atoms with E-state index in [2.05, 4.69) is 33.0 Å².